The SMILES string of the molecule is O=C1c2cc3cc4c(cc3cc2-c2nc3ncc(F)cc3n21)COn1c-4nc2ncc(F)cc21. The molecule has 10 heteroatoms. The van der Waals surface area contributed by atoms with Crippen LogP contribution in [0.2, 0.25) is 0 Å². The molecule has 0 saturated carbocycles. The molecule has 0 unspecified atom stereocenters. The fraction of sp³-hybridized carbons (Fsp3) is 0.0417. The van der Waals surface area contributed by atoms with E-state index in [9.17, 15) is 13.6 Å². The zero-order valence-corrected chi connectivity index (χ0v) is 17.1. The Balaban J connectivity index is 1.36. The second-order valence-corrected chi connectivity index (χ2v) is 8.33. The van der Waals surface area contributed by atoms with Crippen molar-refractivity contribution in [3.63, 3.8) is 0 Å². The van der Waals surface area contributed by atoms with E-state index < -0.39 is 11.6 Å². The van der Waals surface area contributed by atoms with Crippen molar-refractivity contribution in [3.05, 3.63) is 71.6 Å². The van der Waals surface area contributed by atoms with Gasteiger partial charge in [0.1, 0.15) is 23.8 Å². The van der Waals surface area contributed by atoms with Crippen molar-refractivity contribution in [2.75, 3.05) is 0 Å². The fourth-order valence-electron chi connectivity index (χ4n) is 4.88. The van der Waals surface area contributed by atoms with Crippen molar-refractivity contribution >= 4 is 39.0 Å². The smallest absolute Gasteiger partial charge is 0.264 e. The standard InChI is InChI=1S/C24H10F2N6O2/c25-13-5-18-20(27-7-13)29-22-16-3-10-1-12-9-34-32-19-6-14(26)8-28-21(19)30-23(32)15(12)2-11(10)4-17(16)24(33)31(18)22/h1-8H,9H2. The van der Waals surface area contributed by atoms with Crippen molar-refractivity contribution < 1.29 is 18.4 Å². The van der Waals surface area contributed by atoms with E-state index >= 15 is 0 Å². The minimum atomic E-state index is -0.533. The zero-order chi connectivity index (χ0) is 22.7. The predicted molar refractivity (Wildman–Crippen MR) is 117 cm³/mol. The molecular weight excluding hydrogens is 442 g/mol. The molecule has 2 aromatic carbocycles. The highest BCUT2D eigenvalue weighted by Gasteiger charge is 2.32. The normalized spacial score (nSPS) is 13.8. The molecule has 0 bridgehead atoms. The van der Waals surface area contributed by atoms with Crippen molar-refractivity contribution in [2.24, 2.45) is 0 Å². The number of hydrogen-bond acceptors (Lipinski definition) is 6. The van der Waals surface area contributed by atoms with Gasteiger partial charge < -0.3 is 4.84 Å². The van der Waals surface area contributed by atoms with Gasteiger partial charge in [0, 0.05) is 28.8 Å². The van der Waals surface area contributed by atoms with Gasteiger partial charge in [0.2, 0.25) is 0 Å². The summed E-state index contributed by atoms with van der Waals surface area (Å²) >= 11 is 0. The fourth-order valence-corrected chi connectivity index (χ4v) is 4.88. The van der Waals surface area contributed by atoms with Crippen LogP contribution in [0.1, 0.15) is 15.9 Å². The van der Waals surface area contributed by atoms with Gasteiger partial charge in [0.05, 0.1) is 23.5 Å². The number of fused-ring (bicyclic) bond motifs is 11. The molecule has 2 aliphatic heterocycles. The summed E-state index contributed by atoms with van der Waals surface area (Å²) in [6.45, 7) is 0.262. The number of halogens is 2. The van der Waals surface area contributed by atoms with Gasteiger partial charge in [0.25, 0.3) is 5.91 Å². The monoisotopic (exact) mass is 452 g/mol. The number of rotatable bonds is 0. The largest absolute Gasteiger partial charge is 0.407 e. The molecule has 8 rings (SSSR count). The van der Waals surface area contributed by atoms with Crippen LogP contribution in [0.5, 0.6) is 0 Å². The molecule has 6 aromatic rings. The van der Waals surface area contributed by atoms with Crippen molar-refractivity contribution in [3.8, 4) is 22.8 Å². The molecule has 0 spiro atoms. The first kappa shape index (κ1) is 17.8. The molecule has 0 radical (unpaired) electrons. The molecule has 34 heavy (non-hydrogen) atoms. The van der Waals surface area contributed by atoms with E-state index in [0.717, 1.165) is 34.3 Å². The summed E-state index contributed by atoms with van der Waals surface area (Å²) in [7, 11) is 0. The van der Waals surface area contributed by atoms with Gasteiger partial charge in [-0.05, 0) is 35.0 Å². The first-order valence-electron chi connectivity index (χ1n) is 10.4. The minimum absolute atomic E-state index is 0.262. The molecule has 162 valence electrons. The van der Waals surface area contributed by atoms with Gasteiger partial charge in [-0.25, -0.2) is 28.7 Å². The van der Waals surface area contributed by atoms with E-state index in [1.165, 1.54) is 21.4 Å². The lowest BCUT2D eigenvalue weighted by Crippen LogP contribution is -2.18. The molecule has 0 fully saturated rings. The summed E-state index contributed by atoms with van der Waals surface area (Å²) in [5.41, 5.74) is 4.34. The van der Waals surface area contributed by atoms with Gasteiger partial charge in [-0.2, -0.15) is 4.73 Å². The molecule has 2 aliphatic rings. The lowest BCUT2D eigenvalue weighted by atomic mass is 9.96. The van der Waals surface area contributed by atoms with Crippen LogP contribution in [0.15, 0.2) is 48.8 Å². The number of nitrogens with zero attached hydrogens (tertiary/aromatic N) is 6. The van der Waals surface area contributed by atoms with Gasteiger partial charge >= 0.3 is 0 Å². The van der Waals surface area contributed by atoms with E-state index in [2.05, 4.69) is 19.9 Å². The van der Waals surface area contributed by atoms with E-state index in [0.29, 0.717) is 45.1 Å². The lowest BCUT2D eigenvalue weighted by molar-refractivity contribution is 0.0973. The van der Waals surface area contributed by atoms with Crippen molar-refractivity contribution in [1.29, 1.82) is 0 Å². The Labute approximate surface area is 188 Å². The number of carbonyl (C=O) groups is 1. The summed E-state index contributed by atoms with van der Waals surface area (Å²) in [4.78, 5) is 36.2. The van der Waals surface area contributed by atoms with Crippen LogP contribution in [0.3, 0.4) is 0 Å². The van der Waals surface area contributed by atoms with Crippen LogP contribution in [0.4, 0.5) is 8.78 Å². The van der Waals surface area contributed by atoms with Crippen molar-refractivity contribution in [1.82, 2.24) is 29.2 Å². The molecule has 0 N–H and O–H groups in total. The third kappa shape index (κ3) is 2.12. The van der Waals surface area contributed by atoms with E-state index in [-0.39, 0.29) is 12.5 Å². The second kappa shape index (κ2) is 5.79. The maximum atomic E-state index is 13.8. The minimum Gasteiger partial charge on any atom is -0.407 e. The van der Waals surface area contributed by atoms with Crippen LogP contribution < -0.4 is 4.84 Å². The number of imidazole rings is 2. The van der Waals surface area contributed by atoms with Gasteiger partial charge in [-0.3, -0.25) is 9.36 Å². The third-order valence-electron chi connectivity index (χ3n) is 6.38. The zero-order valence-electron chi connectivity index (χ0n) is 17.1. The summed E-state index contributed by atoms with van der Waals surface area (Å²) in [6.07, 6.45) is 2.20. The second-order valence-electron chi connectivity index (χ2n) is 8.33. The van der Waals surface area contributed by atoms with E-state index in [1.807, 2.05) is 18.2 Å². The first-order chi connectivity index (χ1) is 16.5. The lowest BCUT2D eigenvalue weighted by Gasteiger charge is -2.20. The number of pyridine rings is 2. The highest BCUT2D eigenvalue weighted by atomic mass is 19.1. The summed E-state index contributed by atoms with van der Waals surface area (Å²) in [5, 5.41) is 1.71. The Morgan fingerprint density at radius 3 is 2.24 bits per heavy atom. The maximum Gasteiger partial charge on any atom is 0.264 e. The Bertz CT molecular complexity index is 1920. The summed E-state index contributed by atoms with van der Waals surface area (Å²) < 4.78 is 30.4. The molecule has 8 nitrogen and oxygen atoms in total. The molecular formula is C24H10F2N6O2. The Kier molecular flexibility index (Phi) is 3.03. The predicted octanol–water partition coefficient (Wildman–Crippen LogP) is 3.89. The van der Waals surface area contributed by atoms with Crippen molar-refractivity contribution in [2.45, 2.75) is 6.61 Å². The molecule has 0 saturated heterocycles. The Hall–Kier alpha value is -4.73. The van der Waals surface area contributed by atoms with E-state index in [4.69, 9.17) is 4.84 Å². The summed E-state index contributed by atoms with van der Waals surface area (Å²) in [5.74, 6) is -0.330. The van der Waals surface area contributed by atoms with Gasteiger partial charge in [0.15, 0.2) is 22.9 Å². The molecule has 0 aliphatic carbocycles. The Morgan fingerprint density at radius 1 is 0.765 bits per heavy atom. The van der Waals surface area contributed by atoms with Crippen LogP contribution in [-0.2, 0) is 6.61 Å². The van der Waals surface area contributed by atoms with E-state index in [1.54, 1.807) is 6.07 Å². The van der Waals surface area contributed by atoms with Crippen LogP contribution in [0, 0.1) is 11.6 Å². The highest BCUT2D eigenvalue weighted by Crippen LogP contribution is 2.39. The average molecular weight is 452 g/mol. The number of aromatic nitrogens is 6. The highest BCUT2D eigenvalue weighted by molar-refractivity contribution is 6.15. The summed E-state index contributed by atoms with van der Waals surface area (Å²) in [6, 6.07) is 10.2. The number of hydrogen-bond donors (Lipinski definition) is 0. The molecule has 0 amide bonds. The van der Waals surface area contributed by atoms with Crippen LogP contribution >= 0.6 is 0 Å². The third-order valence-corrected chi connectivity index (χ3v) is 6.38. The topological polar surface area (TPSA) is 87.7 Å². The average Bonchev–Trinajstić information content (AvgIpc) is 3.46. The Morgan fingerprint density at radius 2 is 1.41 bits per heavy atom. The maximum absolute atomic E-state index is 13.8. The van der Waals surface area contributed by atoms with Crippen LogP contribution in [-0.4, -0.2) is 35.1 Å². The molecule has 6 heterocycles. The molecule has 4 aromatic heterocycles. The van der Waals surface area contributed by atoms with Gasteiger partial charge in [-0.15, -0.1) is 0 Å². The number of benzene rings is 2. The number of carbonyl (C=O) groups excluding carboxylic acids is 1. The van der Waals surface area contributed by atoms with Crippen LogP contribution in [0.25, 0.3) is 55.9 Å². The molecule has 0 atom stereocenters. The quantitative estimate of drug-likeness (QED) is 0.347. The van der Waals surface area contributed by atoms with Gasteiger partial charge in [-0.1, -0.05) is 0 Å². The first-order valence-corrected chi connectivity index (χ1v) is 10.4.